The summed E-state index contributed by atoms with van der Waals surface area (Å²) < 4.78 is 12.8. The molecule has 0 unspecified atom stereocenters. The number of rotatable bonds is 2. The van der Waals surface area contributed by atoms with Crippen LogP contribution in [0.15, 0.2) is 18.2 Å². The van der Waals surface area contributed by atoms with Crippen molar-refractivity contribution in [1.82, 2.24) is 4.90 Å². The highest BCUT2D eigenvalue weighted by Crippen LogP contribution is 2.09. The van der Waals surface area contributed by atoms with Crippen LogP contribution in [0.25, 0.3) is 0 Å². The second-order valence-electron chi connectivity index (χ2n) is 3.32. The van der Waals surface area contributed by atoms with Crippen LogP contribution in [-0.4, -0.2) is 19.0 Å². The average Bonchev–Trinajstić information content (AvgIpc) is 1.96. The summed E-state index contributed by atoms with van der Waals surface area (Å²) in [6.45, 7) is 2.65. The number of hydrogen-bond donors (Lipinski definition) is 0. The van der Waals surface area contributed by atoms with E-state index in [4.69, 9.17) is 0 Å². The van der Waals surface area contributed by atoms with Crippen LogP contribution < -0.4 is 0 Å². The van der Waals surface area contributed by atoms with E-state index in [0.717, 1.165) is 12.1 Å². The lowest BCUT2D eigenvalue weighted by molar-refractivity contribution is 0.402. The molecule has 0 saturated heterocycles. The molecule has 66 valence electrons. The lowest BCUT2D eigenvalue weighted by Crippen LogP contribution is -2.10. The van der Waals surface area contributed by atoms with Crippen molar-refractivity contribution in [3.05, 3.63) is 35.1 Å². The van der Waals surface area contributed by atoms with Gasteiger partial charge in [-0.2, -0.15) is 0 Å². The van der Waals surface area contributed by atoms with Crippen LogP contribution >= 0.6 is 0 Å². The van der Waals surface area contributed by atoms with Gasteiger partial charge in [0.2, 0.25) is 0 Å². The van der Waals surface area contributed by atoms with Gasteiger partial charge in [0.1, 0.15) is 5.82 Å². The van der Waals surface area contributed by atoms with Crippen molar-refractivity contribution in [3.63, 3.8) is 0 Å². The Bertz CT molecular complexity index is 269. The summed E-state index contributed by atoms with van der Waals surface area (Å²) in [6.07, 6.45) is 0. The maximum absolute atomic E-state index is 12.8. The van der Waals surface area contributed by atoms with Gasteiger partial charge in [-0.1, -0.05) is 12.1 Å². The van der Waals surface area contributed by atoms with Gasteiger partial charge in [-0.3, -0.25) is 0 Å². The van der Waals surface area contributed by atoms with Crippen LogP contribution in [0, 0.1) is 12.7 Å². The number of halogens is 1. The first-order valence-electron chi connectivity index (χ1n) is 3.99. The first kappa shape index (κ1) is 9.20. The fourth-order valence-electron chi connectivity index (χ4n) is 1.17. The molecule has 1 aromatic carbocycles. The summed E-state index contributed by atoms with van der Waals surface area (Å²) in [6, 6.07) is 5.23. The van der Waals surface area contributed by atoms with Gasteiger partial charge in [0.15, 0.2) is 0 Å². The Morgan fingerprint density at radius 3 is 2.50 bits per heavy atom. The Morgan fingerprint density at radius 2 is 2.00 bits per heavy atom. The molecule has 0 radical (unpaired) electrons. The third-order valence-corrected chi connectivity index (χ3v) is 1.72. The van der Waals surface area contributed by atoms with Gasteiger partial charge < -0.3 is 4.90 Å². The third kappa shape index (κ3) is 2.31. The average molecular weight is 167 g/mol. The summed E-state index contributed by atoms with van der Waals surface area (Å²) in [7, 11) is 4.00. The largest absolute Gasteiger partial charge is 0.305 e. The van der Waals surface area contributed by atoms with Crippen LogP contribution in [0.3, 0.4) is 0 Å². The van der Waals surface area contributed by atoms with Gasteiger partial charge in [-0.05, 0) is 38.2 Å². The molecule has 0 aliphatic carbocycles. The lowest BCUT2D eigenvalue weighted by atomic mass is 10.1. The van der Waals surface area contributed by atoms with Crippen LogP contribution in [0.1, 0.15) is 11.1 Å². The smallest absolute Gasteiger partial charge is 0.126 e. The molecule has 2 heteroatoms. The molecule has 0 aliphatic rings. The quantitative estimate of drug-likeness (QED) is 0.652. The van der Waals surface area contributed by atoms with Crippen LogP contribution in [-0.2, 0) is 6.54 Å². The molecule has 0 amide bonds. The lowest BCUT2D eigenvalue weighted by Gasteiger charge is -2.09. The Kier molecular flexibility index (Phi) is 2.82. The predicted octanol–water partition coefficient (Wildman–Crippen LogP) is 2.20. The normalized spacial score (nSPS) is 10.8. The van der Waals surface area contributed by atoms with Crippen LogP contribution in [0.5, 0.6) is 0 Å². The van der Waals surface area contributed by atoms with E-state index in [1.165, 1.54) is 6.07 Å². The van der Waals surface area contributed by atoms with E-state index in [-0.39, 0.29) is 5.82 Å². The minimum absolute atomic E-state index is 0.127. The molecule has 1 rings (SSSR count). The summed E-state index contributed by atoms with van der Waals surface area (Å²) in [5.74, 6) is -0.127. The predicted molar refractivity (Wildman–Crippen MR) is 48.5 cm³/mol. The van der Waals surface area contributed by atoms with Crippen LogP contribution in [0.2, 0.25) is 0 Å². The Labute approximate surface area is 72.8 Å². The van der Waals surface area contributed by atoms with Gasteiger partial charge in [0, 0.05) is 6.54 Å². The molecule has 0 N–H and O–H groups in total. The van der Waals surface area contributed by atoms with Crippen molar-refractivity contribution in [2.45, 2.75) is 13.5 Å². The highest BCUT2D eigenvalue weighted by Gasteiger charge is 1.99. The molecule has 1 nitrogen and oxygen atoms in total. The maximum Gasteiger partial charge on any atom is 0.126 e. The Morgan fingerprint density at radius 1 is 1.33 bits per heavy atom. The zero-order valence-electron chi connectivity index (χ0n) is 7.76. The van der Waals surface area contributed by atoms with Crippen molar-refractivity contribution in [2.24, 2.45) is 0 Å². The molecule has 12 heavy (non-hydrogen) atoms. The van der Waals surface area contributed by atoms with Crippen LogP contribution in [0.4, 0.5) is 4.39 Å². The molecular weight excluding hydrogens is 153 g/mol. The zero-order valence-corrected chi connectivity index (χ0v) is 7.76. The van der Waals surface area contributed by atoms with Crippen molar-refractivity contribution in [1.29, 1.82) is 0 Å². The van der Waals surface area contributed by atoms with Crippen molar-refractivity contribution >= 4 is 0 Å². The standard InChI is InChI=1S/C10H14FN/c1-8-6-9(7-12(2)3)4-5-10(8)11/h4-6H,7H2,1-3H3. The second kappa shape index (κ2) is 3.68. The molecule has 0 bridgehead atoms. The van der Waals surface area contributed by atoms with E-state index < -0.39 is 0 Å². The molecule has 0 aromatic heterocycles. The molecule has 0 atom stereocenters. The molecule has 1 aromatic rings. The number of nitrogens with zero attached hydrogens (tertiary/aromatic N) is 1. The monoisotopic (exact) mass is 167 g/mol. The summed E-state index contributed by atoms with van der Waals surface area (Å²) in [4.78, 5) is 2.06. The number of hydrogen-bond acceptors (Lipinski definition) is 1. The van der Waals surface area contributed by atoms with Gasteiger partial charge in [-0.15, -0.1) is 0 Å². The second-order valence-corrected chi connectivity index (χ2v) is 3.32. The summed E-state index contributed by atoms with van der Waals surface area (Å²) in [5.41, 5.74) is 1.87. The fraction of sp³-hybridized carbons (Fsp3) is 0.400. The van der Waals surface area contributed by atoms with E-state index in [0.29, 0.717) is 5.56 Å². The minimum atomic E-state index is -0.127. The van der Waals surface area contributed by atoms with Gasteiger partial charge in [-0.25, -0.2) is 4.39 Å². The minimum Gasteiger partial charge on any atom is -0.305 e. The first-order valence-corrected chi connectivity index (χ1v) is 3.99. The highest BCUT2D eigenvalue weighted by atomic mass is 19.1. The summed E-state index contributed by atoms with van der Waals surface area (Å²) in [5, 5.41) is 0. The van der Waals surface area contributed by atoms with E-state index >= 15 is 0 Å². The molecule has 0 saturated carbocycles. The zero-order chi connectivity index (χ0) is 9.14. The Balaban J connectivity index is 2.82. The van der Waals surface area contributed by atoms with Crippen molar-refractivity contribution in [3.8, 4) is 0 Å². The highest BCUT2D eigenvalue weighted by molar-refractivity contribution is 5.23. The van der Waals surface area contributed by atoms with Gasteiger partial charge in [0.05, 0.1) is 0 Å². The maximum atomic E-state index is 12.8. The summed E-state index contributed by atoms with van der Waals surface area (Å²) >= 11 is 0. The van der Waals surface area contributed by atoms with E-state index in [1.54, 1.807) is 6.92 Å². The molecule has 0 aliphatic heterocycles. The number of aryl methyl sites for hydroxylation is 1. The van der Waals surface area contributed by atoms with Gasteiger partial charge in [0.25, 0.3) is 0 Å². The number of benzene rings is 1. The van der Waals surface area contributed by atoms with Crippen molar-refractivity contribution in [2.75, 3.05) is 14.1 Å². The third-order valence-electron chi connectivity index (χ3n) is 1.72. The molecule has 0 heterocycles. The molecule has 0 fully saturated rings. The molecular formula is C10H14FN. The van der Waals surface area contributed by atoms with E-state index in [2.05, 4.69) is 4.90 Å². The topological polar surface area (TPSA) is 3.24 Å². The SMILES string of the molecule is Cc1cc(CN(C)C)ccc1F. The fourth-order valence-corrected chi connectivity index (χ4v) is 1.17. The first-order chi connectivity index (χ1) is 5.59. The van der Waals surface area contributed by atoms with E-state index in [9.17, 15) is 4.39 Å². The molecule has 0 spiro atoms. The van der Waals surface area contributed by atoms with Gasteiger partial charge >= 0.3 is 0 Å². The van der Waals surface area contributed by atoms with E-state index in [1.807, 2.05) is 26.2 Å². The van der Waals surface area contributed by atoms with Crippen molar-refractivity contribution < 1.29 is 4.39 Å². The Hall–Kier alpha value is -0.890.